The molecule has 5 heteroatoms. The van der Waals surface area contributed by atoms with E-state index in [1.807, 2.05) is 24.3 Å². The van der Waals surface area contributed by atoms with E-state index >= 15 is 0 Å². The fraction of sp³-hybridized carbons (Fsp3) is 0.533. The molecule has 1 aromatic carbocycles. The molecule has 0 spiro atoms. The van der Waals surface area contributed by atoms with Crippen LogP contribution in [0.1, 0.15) is 12.8 Å². The molecule has 2 aliphatic rings. The molecule has 1 aliphatic carbocycles. The van der Waals surface area contributed by atoms with E-state index in [1.165, 1.54) is 12.8 Å². The predicted octanol–water partition coefficient (Wildman–Crippen LogP) is 0.942. The molecule has 1 fully saturated rings. The Morgan fingerprint density at radius 3 is 2.80 bits per heavy atom. The maximum Gasteiger partial charge on any atom is 0.234 e. The summed E-state index contributed by atoms with van der Waals surface area (Å²) in [5.41, 5.74) is 0. The highest BCUT2D eigenvalue weighted by molar-refractivity contribution is 5.78. The smallest absolute Gasteiger partial charge is 0.234 e. The molecule has 1 aromatic rings. The Bertz CT molecular complexity index is 474. The highest BCUT2D eigenvalue weighted by Crippen LogP contribution is 2.30. The van der Waals surface area contributed by atoms with Crippen molar-refractivity contribution in [2.45, 2.75) is 18.9 Å². The second-order valence-corrected chi connectivity index (χ2v) is 5.38. The molecule has 2 N–H and O–H groups in total. The van der Waals surface area contributed by atoms with Gasteiger partial charge in [0.1, 0.15) is 12.7 Å². The largest absolute Gasteiger partial charge is 0.486 e. The zero-order valence-corrected chi connectivity index (χ0v) is 11.4. The quantitative estimate of drug-likeness (QED) is 0.812. The molecule has 1 aliphatic heterocycles. The number of para-hydroxylation sites is 2. The first kappa shape index (κ1) is 13.2. The number of carbonyl (C=O) groups is 1. The molecular weight excluding hydrogens is 256 g/mol. The van der Waals surface area contributed by atoms with Crippen LogP contribution in [0.3, 0.4) is 0 Å². The van der Waals surface area contributed by atoms with Gasteiger partial charge >= 0.3 is 0 Å². The molecule has 1 saturated carbocycles. The molecule has 3 rings (SSSR count). The van der Waals surface area contributed by atoms with E-state index < -0.39 is 0 Å². The van der Waals surface area contributed by atoms with Gasteiger partial charge in [0.2, 0.25) is 5.91 Å². The van der Waals surface area contributed by atoms with Crippen LogP contribution in [0.15, 0.2) is 24.3 Å². The molecular formula is C15H20N2O3. The first-order valence-corrected chi connectivity index (χ1v) is 7.17. The van der Waals surface area contributed by atoms with Crippen LogP contribution in [0.2, 0.25) is 0 Å². The van der Waals surface area contributed by atoms with Gasteiger partial charge in [-0.05, 0) is 37.4 Å². The van der Waals surface area contributed by atoms with E-state index in [1.54, 1.807) is 0 Å². The van der Waals surface area contributed by atoms with E-state index in [4.69, 9.17) is 9.47 Å². The number of benzene rings is 1. The molecule has 20 heavy (non-hydrogen) atoms. The third-order valence-corrected chi connectivity index (χ3v) is 3.51. The summed E-state index contributed by atoms with van der Waals surface area (Å²) in [7, 11) is 0. The van der Waals surface area contributed by atoms with Gasteiger partial charge in [0.25, 0.3) is 0 Å². The van der Waals surface area contributed by atoms with E-state index in [0.29, 0.717) is 19.7 Å². The minimum atomic E-state index is -0.128. The highest BCUT2D eigenvalue weighted by Gasteiger charge is 2.22. The second kappa shape index (κ2) is 6.13. The molecule has 1 heterocycles. The van der Waals surface area contributed by atoms with E-state index in [0.717, 1.165) is 24.0 Å². The Kier molecular flexibility index (Phi) is 4.06. The number of nitrogens with one attached hydrogen (secondary N) is 2. The Balaban J connectivity index is 1.37. The van der Waals surface area contributed by atoms with Crippen molar-refractivity contribution in [3.05, 3.63) is 24.3 Å². The Hall–Kier alpha value is -1.75. The maximum absolute atomic E-state index is 11.7. The first-order chi connectivity index (χ1) is 9.81. The van der Waals surface area contributed by atoms with Gasteiger partial charge in [0.15, 0.2) is 11.5 Å². The Morgan fingerprint density at radius 1 is 1.20 bits per heavy atom. The zero-order valence-electron chi connectivity index (χ0n) is 11.4. The average Bonchev–Trinajstić information content (AvgIpc) is 3.29. The summed E-state index contributed by atoms with van der Waals surface area (Å²) < 4.78 is 11.4. The normalized spacial score (nSPS) is 20.5. The van der Waals surface area contributed by atoms with Crippen LogP contribution in [0.5, 0.6) is 11.5 Å². The zero-order chi connectivity index (χ0) is 13.8. The monoisotopic (exact) mass is 276 g/mol. The van der Waals surface area contributed by atoms with Gasteiger partial charge in [-0.15, -0.1) is 0 Å². The van der Waals surface area contributed by atoms with Crippen molar-refractivity contribution in [2.75, 3.05) is 26.2 Å². The number of amides is 1. The van der Waals surface area contributed by atoms with Crippen LogP contribution in [0.25, 0.3) is 0 Å². The third kappa shape index (κ3) is 3.63. The van der Waals surface area contributed by atoms with Gasteiger partial charge in [0, 0.05) is 0 Å². The minimum Gasteiger partial charge on any atom is -0.486 e. The van der Waals surface area contributed by atoms with Gasteiger partial charge in [-0.25, -0.2) is 0 Å². The standard InChI is InChI=1S/C15H20N2O3/c18-15(9-16-7-11-5-6-11)17-8-12-10-19-13-3-1-2-4-14(13)20-12/h1-4,11-12,16H,5-10H2,(H,17,18). The van der Waals surface area contributed by atoms with Crippen molar-refractivity contribution >= 4 is 5.91 Å². The summed E-state index contributed by atoms with van der Waals surface area (Å²) in [6.45, 7) is 2.26. The van der Waals surface area contributed by atoms with Crippen molar-refractivity contribution < 1.29 is 14.3 Å². The first-order valence-electron chi connectivity index (χ1n) is 7.17. The third-order valence-electron chi connectivity index (χ3n) is 3.51. The second-order valence-electron chi connectivity index (χ2n) is 5.38. The lowest BCUT2D eigenvalue weighted by atomic mass is 10.2. The number of fused-ring (bicyclic) bond motifs is 1. The summed E-state index contributed by atoms with van der Waals surface area (Å²) in [5, 5.41) is 6.04. The van der Waals surface area contributed by atoms with Crippen LogP contribution >= 0.6 is 0 Å². The number of ether oxygens (including phenoxy) is 2. The van der Waals surface area contributed by atoms with Gasteiger partial charge in [-0.3, -0.25) is 4.79 Å². The Morgan fingerprint density at radius 2 is 2.00 bits per heavy atom. The molecule has 0 radical (unpaired) electrons. The molecule has 0 bridgehead atoms. The molecule has 5 nitrogen and oxygen atoms in total. The van der Waals surface area contributed by atoms with Crippen molar-refractivity contribution in [3.8, 4) is 11.5 Å². The highest BCUT2D eigenvalue weighted by atomic mass is 16.6. The van der Waals surface area contributed by atoms with Crippen molar-refractivity contribution in [1.82, 2.24) is 10.6 Å². The molecule has 108 valence electrons. The lowest BCUT2D eigenvalue weighted by Gasteiger charge is -2.26. The molecule has 1 unspecified atom stereocenters. The number of hydrogen-bond donors (Lipinski definition) is 2. The van der Waals surface area contributed by atoms with Gasteiger partial charge < -0.3 is 20.1 Å². The summed E-state index contributed by atoms with van der Waals surface area (Å²) >= 11 is 0. The number of carbonyl (C=O) groups excluding carboxylic acids is 1. The van der Waals surface area contributed by atoms with E-state index in [2.05, 4.69) is 10.6 Å². The Labute approximate surface area is 118 Å². The summed E-state index contributed by atoms with van der Waals surface area (Å²) in [4.78, 5) is 11.7. The summed E-state index contributed by atoms with van der Waals surface area (Å²) in [6, 6.07) is 7.58. The number of hydrogen-bond acceptors (Lipinski definition) is 4. The van der Waals surface area contributed by atoms with Crippen LogP contribution in [-0.2, 0) is 4.79 Å². The minimum absolute atomic E-state index is 0.00751. The van der Waals surface area contributed by atoms with Gasteiger partial charge in [0.05, 0.1) is 13.1 Å². The summed E-state index contributed by atoms with van der Waals surface area (Å²) in [6.07, 6.45) is 2.46. The van der Waals surface area contributed by atoms with Crippen molar-refractivity contribution in [3.63, 3.8) is 0 Å². The molecule has 1 atom stereocenters. The van der Waals surface area contributed by atoms with Crippen LogP contribution in [-0.4, -0.2) is 38.3 Å². The average molecular weight is 276 g/mol. The fourth-order valence-corrected chi connectivity index (χ4v) is 2.17. The van der Waals surface area contributed by atoms with Gasteiger partial charge in [-0.1, -0.05) is 12.1 Å². The molecule has 1 amide bonds. The van der Waals surface area contributed by atoms with E-state index in [9.17, 15) is 4.79 Å². The molecule has 0 aromatic heterocycles. The lowest BCUT2D eigenvalue weighted by Crippen LogP contribution is -2.43. The van der Waals surface area contributed by atoms with Gasteiger partial charge in [-0.2, -0.15) is 0 Å². The van der Waals surface area contributed by atoms with Crippen LogP contribution in [0.4, 0.5) is 0 Å². The SMILES string of the molecule is O=C(CNCC1CC1)NCC1COc2ccccc2O1. The lowest BCUT2D eigenvalue weighted by molar-refractivity contribution is -0.120. The van der Waals surface area contributed by atoms with E-state index in [-0.39, 0.29) is 12.0 Å². The maximum atomic E-state index is 11.7. The topological polar surface area (TPSA) is 59.6 Å². The van der Waals surface area contributed by atoms with Crippen molar-refractivity contribution in [2.24, 2.45) is 5.92 Å². The van der Waals surface area contributed by atoms with Crippen molar-refractivity contribution in [1.29, 1.82) is 0 Å². The summed E-state index contributed by atoms with van der Waals surface area (Å²) in [5.74, 6) is 2.30. The predicted molar refractivity (Wildman–Crippen MR) is 75.0 cm³/mol. The van der Waals surface area contributed by atoms with Crippen LogP contribution in [0, 0.1) is 5.92 Å². The fourth-order valence-electron chi connectivity index (χ4n) is 2.17. The number of rotatable bonds is 6. The molecule has 0 saturated heterocycles. The van der Waals surface area contributed by atoms with Crippen LogP contribution < -0.4 is 20.1 Å².